The van der Waals surface area contributed by atoms with Gasteiger partial charge in [0.05, 0.1) is 11.8 Å². The van der Waals surface area contributed by atoms with Crippen molar-refractivity contribution in [3.05, 3.63) is 11.1 Å². The number of hydrogen-bond donors (Lipinski definition) is 3. The van der Waals surface area contributed by atoms with Crippen LogP contribution in [0.25, 0.3) is 0 Å². The first-order valence-electron chi connectivity index (χ1n) is 6.37. The third-order valence-corrected chi connectivity index (χ3v) is 3.97. The van der Waals surface area contributed by atoms with Crippen molar-refractivity contribution in [1.82, 2.24) is 10.3 Å². The van der Waals surface area contributed by atoms with Crippen molar-refractivity contribution in [2.75, 3.05) is 5.32 Å². The number of aryl methyl sites for hydroxylation is 1. The molecule has 5 nitrogen and oxygen atoms in total. The average molecular weight is 269 g/mol. The number of thiazole rings is 1. The van der Waals surface area contributed by atoms with E-state index in [1.807, 2.05) is 12.3 Å². The Hall–Kier alpha value is -1.14. The molecule has 18 heavy (non-hydrogen) atoms. The van der Waals surface area contributed by atoms with E-state index >= 15 is 0 Å². The predicted molar refractivity (Wildman–Crippen MR) is 71.9 cm³/mol. The molecule has 1 aliphatic rings. The summed E-state index contributed by atoms with van der Waals surface area (Å²) in [6.45, 7) is 2.03. The SMILES string of the molecule is CCc1csc(NC(=O)NC2CCC(O)CC2)n1. The predicted octanol–water partition coefficient (Wildman–Crippen LogP) is 2.13. The van der Waals surface area contributed by atoms with Crippen LogP contribution in [0.2, 0.25) is 0 Å². The van der Waals surface area contributed by atoms with E-state index in [1.54, 1.807) is 0 Å². The molecule has 0 bridgehead atoms. The van der Waals surface area contributed by atoms with Gasteiger partial charge in [-0.15, -0.1) is 11.3 Å². The van der Waals surface area contributed by atoms with Gasteiger partial charge in [0.25, 0.3) is 0 Å². The standard InChI is InChI=1S/C12H19N3O2S/c1-2-8-7-18-12(14-8)15-11(17)13-9-3-5-10(16)6-4-9/h7,9-10,16H,2-6H2,1H3,(H2,13,14,15,17). The summed E-state index contributed by atoms with van der Waals surface area (Å²) in [6.07, 6.45) is 3.89. The number of rotatable bonds is 3. The van der Waals surface area contributed by atoms with Crippen LogP contribution in [-0.4, -0.2) is 28.3 Å². The molecule has 1 aromatic heterocycles. The van der Waals surface area contributed by atoms with E-state index in [4.69, 9.17) is 0 Å². The minimum absolute atomic E-state index is 0.166. The molecule has 1 aromatic rings. The first-order chi connectivity index (χ1) is 8.67. The lowest BCUT2D eigenvalue weighted by atomic mass is 9.93. The zero-order valence-electron chi connectivity index (χ0n) is 10.5. The Balaban J connectivity index is 1.78. The molecule has 0 atom stereocenters. The van der Waals surface area contributed by atoms with Gasteiger partial charge in [-0.25, -0.2) is 9.78 Å². The Kier molecular flexibility index (Phi) is 4.54. The van der Waals surface area contributed by atoms with E-state index in [2.05, 4.69) is 15.6 Å². The minimum atomic E-state index is -0.201. The topological polar surface area (TPSA) is 74.2 Å². The molecule has 0 unspecified atom stereocenters. The average Bonchev–Trinajstić information content (AvgIpc) is 2.79. The third-order valence-electron chi connectivity index (χ3n) is 3.17. The Morgan fingerprint density at radius 1 is 1.50 bits per heavy atom. The minimum Gasteiger partial charge on any atom is -0.393 e. The Bertz CT molecular complexity index is 400. The molecule has 1 saturated carbocycles. The molecular formula is C12H19N3O2S. The van der Waals surface area contributed by atoms with Crippen LogP contribution >= 0.6 is 11.3 Å². The lowest BCUT2D eigenvalue weighted by Crippen LogP contribution is -2.40. The molecule has 100 valence electrons. The van der Waals surface area contributed by atoms with Crippen molar-refractivity contribution in [3.63, 3.8) is 0 Å². The van der Waals surface area contributed by atoms with Gasteiger partial charge < -0.3 is 10.4 Å². The summed E-state index contributed by atoms with van der Waals surface area (Å²) in [4.78, 5) is 16.0. The molecule has 1 aliphatic carbocycles. The van der Waals surface area contributed by atoms with Crippen LogP contribution in [-0.2, 0) is 6.42 Å². The van der Waals surface area contributed by atoms with E-state index in [0.29, 0.717) is 5.13 Å². The Labute approximate surface area is 111 Å². The molecule has 0 spiro atoms. The fraction of sp³-hybridized carbons (Fsp3) is 0.667. The highest BCUT2D eigenvalue weighted by molar-refractivity contribution is 7.13. The number of hydrogen-bond acceptors (Lipinski definition) is 4. The van der Waals surface area contributed by atoms with Crippen molar-refractivity contribution < 1.29 is 9.90 Å². The molecule has 2 amide bonds. The molecule has 3 N–H and O–H groups in total. The quantitative estimate of drug-likeness (QED) is 0.787. The van der Waals surface area contributed by atoms with E-state index < -0.39 is 0 Å². The monoisotopic (exact) mass is 269 g/mol. The van der Waals surface area contributed by atoms with Crippen LogP contribution in [0.5, 0.6) is 0 Å². The van der Waals surface area contributed by atoms with Gasteiger partial charge in [-0.1, -0.05) is 6.92 Å². The lowest BCUT2D eigenvalue weighted by Gasteiger charge is -2.25. The Morgan fingerprint density at radius 3 is 2.83 bits per heavy atom. The summed E-state index contributed by atoms with van der Waals surface area (Å²) in [7, 11) is 0. The van der Waals surface area contributed by atoms with E-state index in [0.717, 1.165) is 37.8 Å². The maximum atomic E-state index is 11.7. The highest BCUT2D eigenvalue weighted by Gasteiger charge is 2.20. The van der Waals surface area contributed by atoms with Crippen LogP contribution in [0.1, 0.15) is 38.3 Å². The van der Waals surface area contributed by atoms with Gasteiger partial charge in [0.2, 0.25) is 0 Å². The molecule has 2 rings (SSSR count). The summed E-state index contributed by atoms with van der Waals surface area (Å²) >= 11 is 1.44. The van der Waals surface area contributed by atoms with Crippen molar-refractivity contribution in [2.45, 2.75) is 51.2 Å². The van der Waals surface area contributed by atoms with Crippen LogP contribution < -0.4 is 10.6 Å². The van der Waals surface area contributed by atoms with Gasteiger partial charge in [0, 0.05) is 11.4 Å². The van der Waals surface area contributed by atoms with E-state index in [9.17, 15) is 9.90 Å². The summed E-state index contributed by atoms with van der Waals surface area (Å²) < 4.78 is 0. The van der Waals surface area contributed by atoms with Gasteiger partial charge in [-0.2, -0.15) is 0 Å². The number of aliphatic hydroxyl groups is 1. The van der Waals surface area contributed by atoms with E-state index in [1.165, 1.54) is 11.3 Å². The fourth-order valence-electron chi connectivity index (χ4n) is 2.07. The molecule has 1 fully saturated rings. The number of nitrogens with zero attached hydrogens (tertiary/aromatic N) is 1. The van der Waals surface area contributed by atoms with E-state index in [-0.39, 0.29) is 18.2 Å². The number of carbonyl (C=O) groups is 1. The maximum absolute atomic E-state index is 11.7. The largest absolute Gasteiger partial charge is 0.393 e. The highest BCUT2D eigenvalue weighted by atomic mass is 32.1. The third kappa shape index (κ3) is 3.68. The van der Waals surface area contributed by atoms with Crippen LogP contribution in [0, 0.1) is 0 Å². The van der Waals surface area contributed by atoms with Crippen molar-refractivity contribution in [3.8, 4) is 0 Å². The molecule has 1 heterocycles. The number of aliphatic hydroxyl groups excluding tert-OH is 1. The second-order valence-corrected chi connectivity index (χ2v) is 5.46. The zero-order chi connectivity index (χ0) is 13.0. The molecule has 0 saturated heterocycles. The summed E-state index contributed by atoms with van der Waals surface area (Å²) in [6, 6.07) is -0.0348. The zero-order valence-corrected chi connectivity index (χ0v) is 11.3. The molecular weight excluding hydrogens is 250 g/mol. The maximum Gasteiger partial charge on any atom is 0.321 e. The van der Waals surface area contributed by atoms with Gasteiger partial charge >= 0.3 is 6.03 Å². The second kappa shape index (κ2) is 6.15. The summed E-state index contributed by atoms with van der Waals surface area (Å²) in [5, 5.41) is 17.7. The molecule has 0 aliphatic heterocycles. The number of amides is 2. The first-order valence-corrected chi connectivity index (χ1v) is 7.25. The van der Waals surface area contributed by atoms with Crippen molar-refractivity contribution in [1.29, 1.82) is 0 Å². The van der Waals surface area contributed by atoms with Gasteiger partial charge in [0.1, 0.15) is 0 Å². The van der Waals surface area contributed by atoms with Crippen LogP contribution in [0.3, 0.4) is 0 Å². The number of urea groups is 1. The van der Waals surface area contributed by atoms with Gasteiger partial charge in [-0.05, 0) is 32.1 Å². The number of nitrogens with one attached hydrogen (secondary N) is 2. The van der Waals surface area contributed by atoms with Crippen LogP contribution in [0.15, 0.2) is 5.38 Å². The molecule has 0 radical (unpaired) electrons. The highest BCUT2D eigenvalue weighted by Crippen LogP contribution is 2.19. The summed E-state index contributed by atoms with van der Waals surface area (Å²) in [5.74, 6) is 0. The van der Waals surface area contributed by atoms with Crippen molar-refractivity contribution >= 4 is 22.5 Å². The first kappa shape index (κ1) is 13.3. The Morgan fingerprint density at radius 2 is 2.22 bits per heavy atom. The van der Waals surface area contributed by atoms with Crippen LogP contribution in [0.4, 0.5) is 9.93 Å². The normalized spacial score (nSPS) is 23.7. The number of anilines is 1. The number of carbonyl (C=O) groups excluding carboxylic acids is 1. The van der Waals surface area contributed by atoms with Gasteiger partial charge in [0.15, 0.2) is 5.13 Å². The molecule has 0 aromatic carbocycles. The molecule has 6 heteroatoms. The second-order valence-electron chi connectivity index (χ2n) is 4.60. The van der Waals surface area contributed by atoms with Crippen molar-refractivity contribution in [2.24, 2.45) is 0 Å². The smallest absolute Gasteiger partial charge is 0.321 e. The summed E-state index contributed by atoms with van der Waals surface area (Å²) in [5.41, 5.74) is 0.996. The fourth-order valence-corrected chi connectivity index (χ4v) is 2.85. The van der Waals surface area contributed by atoms with Gasteiger partial charge in [-0.3, -0.25) is 5.32 Å². The lowest BCUT2D eigenvalue weighted by molar-refractivity contribution is 0.118. The number of aromatic nitrogens is 1.